The zero-order valence-electron chi connectivity index (χ0n) is 9.57. The summed E-state index contributed by atoms with van der Waals surface area (Å²) in [5.41, 5.74) is 15.2. The molecule has 0 bridgehead atoms. The predicted molar refractivity (Wildman–Crippen MR) is 69.8 cm³/mol. The van der Waals surface area contributed by atoms with E-state index < -0.39 is 0 Å². The normalized spacial score (nSPS) is 10.2. The van der Waals surface area contributed by atoms with Crippen LogP contribution in [0.15, 0.2) is 36.5 Å². The smallest absolute Gasteiger partial charge is 0.124 e. The maximum absolute atomic E-state index is 7.47. The molecule has 0 aliphatic heterocycles. The molecule has 0 saturated carbocycles. The maximum atomic E-state index is 7.47. The number of nitrogens with one attached hydrogen (secondary N) is 1. The molecule has 0 fully saturated rings. The number of nitrogen functional groups attached to an aromatic ring is 2. The molecule has 0 radical (unpaired) electrons. The quantitative estimate of drug-likeness (QED) is 0.415. The number of aryl methyl sites for hydroxylation is 1. The van der Waals surface area contributed by atoms with E-state index in [2.05, 4.69) is 4.98 Å². The van der Waals surface area contributed by atoms with Crippen LogP contribution in [0.5, 0.6) is 0 Å². The molecule has 0 atom stereocenters. The Labute approximate surface area is 99.8 Å². The second-order valence-corrected chi connectivity index (χ2v) is 3.88. The van der Waals surface area contributed by atoms with Crippen LogP contribution in [0.3, 0.4) is 0 Å². The summed E-state index contributed by atoms with van der Waals surface area (Å²) >= 11 is 0. The molecule has 0 saturated heterocycles. The van der Waals surface area contributed by atoms with Crippen molar-refractivity contribution in [1.82, 2.24) is 4.98 Å². The largest absolute Gasteiger partial charge is 0.398 e. The van der Waals surface area contributed by atoms with E-state index in [0.717, 1.165) is 16.8 Å². The van der Waals surface area contributed by atoms with Crippen LogP contribution in [0.4, 0.5) is 5.69 Å². The number of amidine groups is 1. The van der Waals surface area contributed by atoms with Gasteiger partial charge >= 0.3 is 0 Å². The van der Waals surface area contributed by atoms with Crippen LogP contribution >= 0.6 is 0 Å². The van der Waals surface area contributed by atoms with Gasteiger partial charge in [0, 0.05) is 23.0 Å². The fraction of sp³-hybridized carbons (Fsp3) is 0.0769. The van der Waals surface area contributed by atoms with Gasteiger partial charge in [-0.05, 0) is 30.7 Å². The van der Waals surface area contributed by atoms with Gasteiger partial charge in [-0.15, -0.1) is 0 Å². The monoisotopic (exact) mass is 226 g/mol. The molecule has 0 aliphatic carbocycles. The first-order valence-corrected chi connectivity index (χ1v) is 5.25. The van der Waals surface area contributed by atoms with Crippen molar-refractivity contribution in [3.63, 3.8) is 0 Å². The Balaban J connectivity index is 2.58. The van der Waals surface area contributed by atoms with E-state index in [0.29, 0.717) is 11.3 Å². The summed E-state index contributed by atoms with van der Waals surface area (Å²) < 4.78 is 0. The first-order valence-electron chi connectivity index (χ1n) is 5.25. The van der Waals surface area contributed by atoms with Crippen molar-refractivity contribution in [3.8, 4) is 11.3 Å². The van der Waals surface area contributed by atoms with Crippen molar-refractivity contribution in [3.05, 3.63) is 47.7 Å². The van der Waals surface area contributed by atoms with Gasteiger partial charge in [-0.25, -0.2) is 0 Å². The third-order valence-corrected chi connectivity index (χ3v) is 2.63. The maximum Gasteiger partial charge on any atom is 0.124 e. The molecule has 5 N–H and O–H groups in total. The van der Waals surface area contributed by atoms with Crippen LogP contribution in [0.25, 0.3) is 11.3 Å². The van der Waals surface area contributed by atoms with Crippen molar-refractivity contribution in [2.45, 2.75) is 6.92 Å². The summed E-state index contributed by atoms with van der Waals surface area (Å²) in [4.78, 5) is 4.33. The van der Waals surface area contributed by atoms with Gasteiger partial charge in [0.05, 0.1) is 5.69 Å². The summed E-state index contributed by atoms with van der Waals surface area (Å²) in [6.07, 6.45) is 1.74. The van der Waals surface area contributed by atoms with E-state index in [1.807, 2.05) is 25.1 Å². The number of nitrogens with two attached hydrogens (primary N) is 2. The average Bonchev–Trinajstić information content (AvgIpc) is 2.30. The molecule has 2 aromatic rings. The van der Waals surface area contributed by atoms with Gasteiger partial charge in [0.15, 0.2) is 0 Å². The summed E-state index contributed by atoms with van der Waals surface area (Å²) in [5, 5.41) is 7.47. The average molecular weight is 226 g/mol. The SMILES string of the molecule is Cc1cccnc1-c1ccc(N)c(C(=N)N)c1. The predicted octanol–water partition coefficient (Wildman–Crippen LogP) is 1.92. The lowest BCUT2D eigenvalue weighted by molar-refractivity contribution is 1.27. The van der Waals surface area contributed by atoms with E-state index >= 15 is 0 Å². The molecule has 2 rings (SSSR count). The molecule has 0 unspecified atom stereocenters. The summed E-state index contributed by atoms with van der Waals surface area (Å²) in [7, 11) is 0. The summed E-state index contributed by atoms with van der Waals surface area (Å²) in [6, 6.07) is 9.32. The highest BCUT2D eigenvalue weighted by Gasteiger charge is 2.07. The molecule has 4 heteroatoms. The van der Waals surface area contributed by atoms with Crippen molar-refractivity contribution in [2.75, 3.05) is 5.73 Å². The minimum atomic E-state index is -0.0297. The lowest BCUT2D eigenvalue weighted by Crippen LogP contribution is -2.13. The first-order chi connectivity index (χ1) is 8.09. The number of hydrogen-bond acceptors (Lipinski definition) is 3. The van der Waals surface area contributed by atoms with Gasteiger partial charge in [-0.2, -0.15) is 0 Å². The van der Waals surface area contributed by atoms with Crippen LogP contribution in [0, 0.1) is 12.3 Å². The number of pyridine rings is 1. The number of benzene rings is 1. The lowest BCUT2D eigenvalue weighted by atomic mass is 10.0. The minimum Gasteiger partial charge on any atom is -0.398 e. The van der Waals surface area contributed by atoms with Crippen LogP contribution in [-0.4, -0.2) is 10.8 Å². The van der Waals surface area contributed by atoms with E-state index in [1.54, 1.807) is 18.3 Å². The number of hydrogen-bond donors (Lipinski definition) is 3. The fourth-order valence-corrected chi connectivity index (χ4v) is 1.72. The molecule has 1 aromatic carbocycles. The molecule has 1 aromatic heterocycles. The zero-order chi connectivity index (χ0) is 12.4. The first kappa shape index (κ1) is 11.1. The van der Waals surface area contributed by atoms with E-state index in [-0.39, 0.29) is 5.84 Å². The number of rotatable bonds is 2. The van der Waals surface area contributed by atoms with Gasteiger partial charge in [0.2, 0.25) is 0 Å². The van der Waals surface area contributed by atoms with Crippen LogP contribution in [0.1, 0.15) is 11.1 Å². The minimum absolute atomic E-state index is 0.0297. The number of aromatic nitrogens is 1. The molecule has 4 nitrogen and oxygen atoms in total. The topological polar surface area (TPSA) is 88.8 Å². The molecule has 0 amide bonds. The Bertz CT molecular complexity index is 575. The standard InChI is InChI=1S/C13H14N4/c1-8-3-2-6-17-12(8)9-4-5-11(14)10(7-9)13(15)16/h2-7H,14H2,1H3,(H3,15,16). The Morgan fingerprint density at radius 3 is 2.71 bits per heavy atom. The van der Waals surface area contributed by atoms with Crippen molar-refractivity contribution >= 4 is 11.5 Å². The third-order valence-electron chi connectivity index (χ3n) is 2.63. The molecule has 86 valence electrons. The molecule has 1 heterocycles. The molecule has 0 aliphatic rings. The van der Waals surface area contributed by atoms with E-state index in [1.165, 1.54) is 0 Å². The van der Waals surface area contributed by atoms with Crippen LogP contribution < -0.4 is 11.5 Å². The van der Waals surface area contributed by atoms with Crippen molar-refractivity contribution in [2.24, 2.45) is 5.73 Å². The zero-order valence-corrected chi connectivity index (χ0v) is 9.57. The lowest BCUT2D eigenvalue weighted by Gasteiger charge is -2.08. The highest BCUT2D eigenvalue weighted by molar-refractivity contribution is 6.01. The van der Waals surface area contributed by atoms with Gasteiger partial charge in [-0.3, -0.25) is 10.4 Å². The van der Waals surface area contributed by atoms with Crippen molar-refractivity contribution in [1.29, 1.82) is 5.41 Å². The number of nitrogens with zero attached hydrogens (tertiary/aromatic N) is 1. The van der Waals surface area contributed by atoms with E-state index in [4.69, 9.17) is 16.9 Å². The van der Waals surface area contributed by atoms with Crippen molar-refractivity contribution < 1.29 is 0 Å². The van der Waals surface area contributed by atoms with Gasteiger partial charge in [0.25, 0.3) is 0 Å². The fourth-order valence-electron chi connectivity index (χ4n) is 1.72. The summed E-state index contributed by atoms with van der Waals surface area (Å²) in [5.74, 6) is -0.0297. The van der Waals surface area contributed by atoms with Gasteiger partial charge in [0.1, 0.15) is 5.84 Å². The third kappa shape index (κ3) is 2.10. The number of anilines is 1. The van der Waals surface area contributed by atoms with E-state index in [9.17, 15) is 0 Å². The van der Waals surface area contributed by atoms with Crippen LogP contribution in [0.2, 0.25) is 0 Å². The molecular weight excluding hydrogens is 212 g/mol. The van der Waals surface area contributed by atoms with Gasteiger partial charge < -0.3 is 11.5 Å². The Morgan fingerprint density at radius 2 is 2.06 bits per heavy atom. The van der Waals surface area contributed by atoms with Gasteiger partial charge in [-0.1, -0.05) is 12.1 Å². The molecular formula is C13H14N4. The Hall–Kier alpha value is -2.36. The summed E-state index contributed by atoms with van der Waals surface area (Å²) in [6.45, 7) is 1.99. The highest BCUT2D eigenvalue weighted by Crippen LogP contribution is 2.24. The molecule has 17 heavy (non-hydrogen) atoms. The second kappa shape index (κ2) is 4.25. The Kier molecular flexibility index (Phi) is 2.78. The Morgan fingerprint density at radius 1 is 1.29 bits per heavy atom. The highest BCUT2D eigenvalue weighted by atomic mass is 14.7. The van der Waals surface area contributed by atoms with Crippen LogP contribution in [-0.2, 0) is 0 Å². The second-order valence-electron chi connectivity index (χ2n) is 3.88. The molecule has 0 spiro atoms.